The summed E-state index contributed by atoms with van der Waals surface area (Å²) in [5.74, 6) is 2.36. The van der Waals surface area contributed by atoms with Gasteiger partial charge in [0.15, 0.2) is 0 Å². The molecule has 4 heteroatoms. The minimum atomic E-state index is -0.0134. The number of rotatable bonds is 3. The highest BCUT2D eigenvalue weighted by molar-refractivity contribution is 7.99. The standard InChI is InChI=1S/C13H26N2OS/c1-10-9-17-6-5-15(10)12(16)11(8-14)7-13(2,3)4/h10-11H,5-9,14H2,1-4H3. The van der Waals surface area contributed by atoms with Crippen LogP contribution in [0.3, 0.4) is 0 Å². The first-order valence-electron chi connectivity index (χ1n) is 6.43. The molecule has 0 radical (unpaired) electrons. The van der Waals surface area contributed by atoms with Crippen LogP contribution in [0.5, 0.6) is 0 Å². The molecule has 1 saturated heterocycles. The highest BCUT2D eigenvalue weighted by Gasteiger charge is 2.31. The van der Waals surface area contributed by atoms with Crippen LogP contribution >= 0.6 is 11.8 Å². The molecule has 1 aliphatic rings. The summed E-state index contributed by atoms with van der Waals surface area (Å²) >= 11 is 1.93. The summed E-state index contributed by atoms with van der Waals surface area (Å²) in [6.45, 7) is 9.97. The molecule has 1 heterocycles. The maximum absolute atomic E-state index is 12.5. The van der Waals surface area contributed by atoms with Crippen LogP contribution in [0.2, 0.25) is 0 Å². The number of carbonyl (C=O) groups excluding carboxylic acids is 1. The normalized spacial score (nSPS) is 23.6. The Hall–Kier alpha value is -0.220. The van der Waals surface area contributed by atoms with E-state index in [0.29, 0.717) is 12.6 Å². The third-order valence-electron chi connectivity index (χ3n) is 3.14. The highest BCUT2D eigenvalue weighted by atomic mass is 32.2. The van der Waals surface area contributed by atoms with E-state index < -0.39 is 0 Å². The van der Waals surface area contributed by atoms with E-state index in [1.807, 2.05) is 16.7 Å². The van der Waals surface area contributed by atoms with Gasteiger partial charge in [-0.15, -0.1) is 0 Å². The molecule has 0 aromatic rings. The van der Waals surface area contributed by atoms with Crippen LogP contribution in [0.25, 0.3) is 0 Å². The summed E-state index contributed by atoms with van der Waals surface area (Å²) < 4.78 is 0. The molecule has 2 atom stereocenters. The minimum absolute atomic E-state index is 0.0134. The van der Waals surface area contributed by atoms with E-state index in [-0.39, 0.29) is 17.2 Å². The van der Waals surface area contributed by atoms with Crippen molar-refractivity contribution in [3.63, 3.8) is 0 Å². The average molecular weight is 258 g/mol. The number of nitrogens with zero attached hydrogens (tertiary/aromatic N) is 1. The second-order valence-electron chi connectivity index (χ2n) is 6.15. The molecule has 0 aromatic carbocycles. The monoisotopic (exact) mass is 258 g/mol. The molecule has 0 spiro atoms. The lowest BCUT2D eigenvalue weighted by Gasteiger charge is -2.36. The van der Waals surface area contributed by atoms with Gasteiger partial charge in [0, 0.05) is 30.6 Å². The highest BCUT2D eigenvalue weighted by Crippen LogP contribution is 2.27. The van der Waals surface area contributed by atoms with Gasteiger partial charge in [0.1, 0.15) is 0 Å². The fraction of sp³-hybridized carbons (Fsp3) is 0.923. The van der Waals surface area contributed by atoms with Crippen LogP contribution in [0.15, 0.2) is 0 Å². The van der Waals surface area contributed by atoms with E-state index in [1.165, 1.54) is 0 Å². The molecule has 0 bridgehead atoms. The van der Waals surface area contributed by atoms with E-state index in [1.54, 1.807) is 0 Å². The molecule has 2 unspecified atom stereocenters. The van der Waals surface area contributed by atoms with E-state index in [0.717, 1.165) is 24.5 Å². The van der Waals surface area contributed by atoms with Crippen molar-refractivity contribution in [1.29, 1.82) is 0 Å². The largest absolute Gasteiger partial charge is 0.338 e. The quantitative estimate of drug-likeness (QED) is 0.842. The minimum Gasteiger partial charge on any atom is -0.338 e. The van der Waals surface area contributed by atoms with Gasteiger partial charge in [-0.05, 0) is 18.8 Å². The fourth-order valence-corrected chi connectivity index (χ4v) is 3.31. The molecular weight excluding hydrogens is 232 g/mol. The van der Waals surface area contributed by atoms with Gasteiger partial charge >= 0.3 is 0 Å². The Morgan fingerprint density at radius 3 is 2.65 bits per heavy atom. The number of nitrogens with two attached hydrogens (primary N) is 1. The van der Waals surface area contributed by atoms with Crippen LogP contribution in [0.4, 0.5) is 0 Å². The fourth-order valence-electron chi connectivity index (χ4n) is 2.30. The maximum Gasteiger partial charge on any atom is 0.227 e. The second kappa shape index (κ2) is 6.10. The predicted octanol–water partition coefficient (Wildman–Crippen LogP) is 1.96. The molecule has 0 saturated carbocycles. The van der Waals surface area contributed by atoms with Gasteiger partial charge < -0.3 is 10.6 Å². The van der Waals surface area contributed by atoms with Gasteiger partial charge in [0.2, 0.25) is 5.91 Å². The van der Waals surface area contributed by atoms with Gasteiger partial charge in [-0.25, -0.2) is 0 Å². The summed E-state index contributed by atoms with van der Waals surface area (Å²) in [4.78, 5) is 14.5. The smallest absolute Gasteiger partial charge is 0.227 e. The van der Waals surface area contributed by atoms with Crippen molar-refractivity contribution in [2.24, 2.45) is 17.1 Å². The van der Waals surface area contributed by atoms with Crippen molar-refractivity contribution in [2.75, 3.05) is 24.6 Å². The maximum atomic E-state index is 12.5. The van der Waals surface area contributed by atoms with Gasteiger partial charge in [-0.3, -0.25) is 4.79 Å². The van der Waals surface area contributed by atoms with Crippen molar-refractivity contribution in [1.82, 2.24) is 4.90 Å². The average Bonchev–Trinajstić information content (AvgIpc) is 2.24. The molecule has 1 rings (SSSR count). The molecule has 17 heavy (non-hydrogen) atoms. The predicted molar refractivity (Wildman–Crippen MR) is 75.1 cm³/mol. The molecule has 0 aliphatic carbocycles. The SMILES string of the molecule is CC1CSCCN1C(=O)C(CN)CC(C)(C)C. The summed E-state index contributed by atoms with van der Waals surface area (Å²) in [7, 11) is 0. The van der Waals surface area contributed by atoms with Crippen LogP contribution < -0.4 is 5.73 Å². The zero-order chi connectivity index (χ0) is 13.1. The van der Waals surface area contributed by atoms with Crippen molar-refractivity contribution in [2.45, 2.75) is 40.2 Å². The molecule has 0 aromatic heterocycles. The molecule has 100 valence electrons. The summed E-state index contributed by atoms with van der Waals surface area (Å²) in [6.07, 6.45) is 0.874. The van der Waals surface area contributed by atoms with Gasteiger partial charge in [-0.1, -0.05) is 20.8 Å². The van der Waals surface area contributed by atoms with Crippen LogP contribution in [0.1, 0.15) is 34.1 Å². The Balaban J connectivity index is 2.64. The van der Waals surface area contributed by atoms with Crippen LogP contribution in [0, 0.1) is 11.3 Å². The van der Waals surface area contributed by atoms with E-state index >= 15 is 0 Å². The molecule has 1 fully saturated rings. The van der Waals surface area contributed by atoms with E-state index in [9.17, 15) is 4.79 Å². The Labute approximate surface area is 109 Å². The lowest BCUT2D eigenvalue weighted by Crippen LogP contribution is -2.49. The zero-order valence-corrected chi connectivity index (χ0v) is 12.3. The van der Waals surface area contributed by atoms with Crippen molar-refractivity contribution >= 4 is 17.7 Å². The van der Waals surface area contributed by atoms with Crippen LogP contribution in [-0.2, 0) is 4.79 Å². The Morgan fingerprint density at radius 1 is 1.53 bits per heavy atom. The number of thioether (sulfide) groups is 1. The third-order valence-corrected chi connectivity index (χ3v) is 4.33. The van der Waals surface area contributed by atoms with Crippen molar-refractivity contribution < 1.29 is 4.79 Å². The molecule has 1 amide bonds. The van der Waals surface area contributed by atoms with Crippen molar-refractivity contribution in [3.8, 4) is 0 Å². The molecule has 1 aliphatic heterocycles. The lowest BCUT2D eigenvalue weighted by molar-refractivity contribution is -0.137. The topological polar surface area (TPSA) is 46.3 Å². The van der Waals surface area contributed by atoms with Crippen LogP contribution in [-0.4, -0.2) is 41.4 Å². The summed E-state index contributed by atoms with van der Waals surface area (Å²) in [6, 6.07) is 0.357. The Morgan fingerprint density at radius 2 is 2.18 bits per heavy atom. The Bertz CT molecular complexity index is 263. The number of hydrogen-bond donors (Lipinski definition) is 1. The van der Waals surface area contributed by atoms with Gasteiger partial charge in [0.05, 0.1) is 5.92 Å². The summed E-state index contributed by atoms with van der Waals surface area (Å²) in [5, 5.41) is 0. The first-order valence-corrected chi connectivity index (χ1v) is 7.59. The number of carbonyl (C=O) groups is 1. The van der Waals surface area contributed by atoms with Gasteiger partial charge in [0.25, 0.3) is 0 Å². The number of hydrogen-bond acceptors (Lipinski definition) is 3. The van der Waals surface area contributed by atoms with Gasteiger partial charge in [-0.2, -0.15) is 11.8 Å². The van der Waals surface area contributed by atoms with E-state index in [2.05, 4.69) is 27.7 Å². The number of amides is 1. The first-order chi connectivity index (χ1) is 7.85. The van der Waals surface area contributed by atoms with Crippen molar-refractivity contribution in [3.05, 3.63) is 0 Å². The third kappa shape index (κ3) is 4.51. The summed E-state index contributed by atoms with van der Waals surface area (Å²) in [5.41, 5.74) is 5.94. The lowest BCUT2D eigenvalue weighted by atomic mass is 9.84. The molecule has 3 nitrogen and oxygen atoms in total. The first kappa shape index (κ1) is 14.8. The molecule has 2 N–H and O–H groups in total. The molecular formula is C13H26N2OS. The Kier molecular flexibility index (Phi) is 5.32. The van der Waals surface area contributed by atoms with E-state index in [4.69, 9.17) is 5.73 Å². The zero-order valence-electron chi connectivity index (χ0n) is 11.5. The second-order valence-corrected chi connectivity index (χ2v) is 7.30.